The minimum atomic E-state index is -4.80. The second kappa shape index (κ2) is 5.36. The van der Waals surface area contributed by atoms with Crippen LogP contribution in [0.15, 0.2) is 49.0 Å². The van der Waals surface area contributed by atoms with E-state index < -0.39 is 12.2 Å². The Balaban J connectivity index is 2.52. The quantitative estimate of drug-likeness (QED) is 0.717. The van der Waals surface area contributed by atoms with Crippen molar-refractivity contribution in [2.24, 2.45) is 0 Å². The van der Waals surface area contributed by atoms with Crippen LogP contribution in [0, 0.1) is 5.82 Å². The minimum Gasteiger partial charge on any atom is -0.405 e. The van der Waals surface area contributed by atoms with Crippen LogP contribution >= 0.6 is 0 Å². The Hall–Kier alpha value is -2.30. The van der Waals surface area contributed by atoms with Gasteiger partial charge < -0.3 is 4.74 Å². The molecule has 0 aliphatic carbocycles. The molecular weight excluding hydrogens is 272 g/mol. The zero-order valence-corrected chi connectivity index (χ0v) is 10.2. The second-order valence-electron chi connectivity index (χ2n) is 4.02. The predicted molar refractivity (Wildman–Crippen MR) is 68.6 cm³/mol. The number of hydrogen-bond donors (Lipinski definition) is 0. The van der Waals surface area contributed by atoms with E-state index in [4.69, 9.17) is 0 Å². The summed E-state index contributed by atoms with van der Waals surface area (Å²) in [5, 5.41) is 0. The molecule has 0 saturated heterocycles. The molecule has 0 N–H and O–H groups in total. The van der Waals surface area contributed by atoms with Gasteiger partial charge in [0.05, 0.1) is 0 Å². The number of ether oxygens (including phenoxy) is 1. The molecule has 0 bridgehead atoms. The van der Waals surface area contributed by atoms with Crippen molar-refractivity contribution in [3.63, 3.8) is 0 Å². The lowest BCUT2D eigenvalue weighted by Crippen LogP contribution is -2.17. The van der Waals surface area contributed by atoms with Gasteiger partial charge in [0.15, 0.2) is 0 Å². The van der Waals surface area contributed by atoms with Gasteiger partial charge in [-0.15, -0.1) is 13.2 Å². The summed E-state index contributed by atoms with van der Waals surface area (Å²) in [4.78, 5) is 0. The van der Waals surface area contributed by atoms with Crippen LogP contribution in [0.25, 0.3) is 17.2 Å². The standard InChI is InChI=1S/C15H10F4O/c1-2-10-7-11(9-12(16)8-10)13-5-3-4-6-14(13)20-15(17,18)19/h2-9H,1H2. The minimum absolute atomic E-state index is 0.160. The first-order valence-electron chi connectivity index (χ1n) is 5.67. The topological polar surface area (TPSA) is 9.23 Å². The van der Waals surface area contributed by atoms with E-state index in [-0.39, 0.29) is 11.3 Å². The van der Waals surface area contributed by atoms with E-state index in [0.717, 1.165) is 6.07 Å². The summed E-state index contributed by atoms with van der Waals surface area (Å²) in [6.07, 6.45) is -3.38. The summed E-state index contributed by atoms with van der Waals surface area (Å²) in [6, 6.07) is 9.50. The molecule has 20 heavy (non-hydrogen) atoms. The summed E-state index contributed by atoms with van der Waals surface area (Å²) in [5.74, 6) is -0.931. The van der Waals surface area contributed by atoms with Crippen LogP contribution in [0.1, 0.15) is 5.56 Å². The lowest BCUT2D eigenvalue weighted by atomic mass is 10.0. The Morgan fingerprint density at radius 2 is 1.75 bits per heavy atom. The van der Waals surface area contributed by atoms with Gasteiger partial charge in [-0.05, 0) is 35.4 Å². The van der Waals surface area contributed by atoms with Crippen LogP contribution in [0.3, 0.4) is 0 Å². The van der Waals surface area contributed by atoms with E-state index in [1.165, 1.54) is 36.4 Å². The lowest BCUT2D eigenvalue weighted by molar-refractivity contribution is -0.274. The van der Waals surface area contributed by atoms with Gasteiger partial charge in [0, 0.05) is 5.56 Å². The maximum absolute atomic E-state index is 13.5. The van der Waals surface area contributed by atoms with E-state index in [2.05, 4.69) is 11.3 Å². The molecule has 2 aromatic carbocycles. The molecule has 0 radical (unpaired) electrons. The number of alkyl halides is 3. The molecule has 0 heterocycles. The van der Waals surface area contributed by atoms with Crippen LogP contribution in [0.4, 0.5) is 17.6 Å². The zero-order chi connectivity index (χ0) is 14.8. The summed E-state index contributed by atoms with van der Waals surface area (Å²) < 4.78 is 54.5. The highest BCUT2D eigenvalue weighted by Crippen LogP contribution is 2.34. The molecule has 1 nitrogen and oxygen atoms in total. The van der Waals surface area contributed by atoms with Crippen molar-refractivity contribution in [2.75, 3.05) is 0 Å². The van der Waals surface area contributed by atoms with Crippen molar-refractivity contribution in [1.82, 2.24) is 0 Å². The highest BCUT2D eigenvalue weighted by molar-refractivity contribution is 5.72. The zero-order valence-electron chi connectivity index (χ0n) is 10.2. The van der Waals surface area contributed by atoms with Gasteiger partial charge in [-0.2, -0.15) is 0 Å². The average Bonchev–Trinajstić information content (AvgIpc) is 2.36. The monoisotopic (exact) mass is 282 g/mol. The van der Waals surface area contributed by atoms with Crippen LogP contribution < -0.4 is 4.74 Å². The molecule has 2 rings (SSSR count). The van der Waals surface area contributed by atoms with Crippen molar-refractivity contribution in [3.05, 3.63) is 60.4 Å². The number of rotatable bonds is 3. The number of halogens is 4. The fraction of sp³-hybridized carbons (Fsp3) is 0.0667. The Morgan fingerprint density at radius 1 is 1.05 bits per heavy atom. The van der Waals surface area contributed by atoms with E-state index in [1.807, 2.05) is 0 Å². The van der Waals surface area contributed by atoms with Crippen LogP contribution in [-0.4, -0.2) is 6.36 Å². The molecule has 0 fully saturated rings. The summed E-state index contributed by atoms with van der Waals surface area (Å²) in [6.45, 7) is 3.51. The molecule has 5 heteroatoms. The molecule has 0 amide bonds. The smallest absolute Gasteiger partial charge is 0.405 e. The second-order valence-corrected chi connectivity index (χ2v) is 4.02. The fourth-order valence-electron chi connectivity index (χ4n) is 1.80. The van der Waals surface area contributed by atoms with Gasteiger partial charge in [0.2, 0.25) is 0 Å². The Bertz CT molecular complexity index is 632. The Kier molecular flexibility index (Phi) is 3.79. The first-order valence-corrected chi connectivity index (χ1v) is 5.67. The molecule has 0 spiro atoms. The van der Waals surface area contributed by atoms with Gasteiger partial charge in [0.25, 0.3) is 0 Å². The fourth-order valence-corrected chi connectivity index (χ4v) is 1.80. The van der Waals surface area contributed by atoms with Crippen LogP contribution in [0.2, 0.25) is 0 Å². The third-order valence-corrected chi connectivity index (χ3v) is 2.58. The van der Waals surface area contributed by atoms with Crippen molar-refractivity contribution in [2.45, 2.75) is 6.36 Å². The normalized spacial score (nSPS) is 11.2. The molecule has 0 aliphatic heterocycles. The molecule has 104 valence electrons. The maximum atomic E-state index is 13.5. The Labute approximate surface area is 113 Å². The molecular formula is C15H10F4O. The average molecular weight is 282 g/mol. The third kappa shape index (κ3) is 3.38. The first-order chi connectivity index (χ1) is 9.39. The Morgan fingerprint density at radius 3 is 2.40 bits per heavy atom. The molecule has 0 saturated carbocycles. The van der Waals surface area contributed by atoms with E-state index >= 15 is 0 Å². The van der Waals surface area contributed by atoms with Gasteiger partial charge >= 0.3 is 6.36 Å². The summed E-state index contributed by atoms with van der Waals surface area (Å²) >= 11 is 0. The summed E-state index contributed by atoms with van der Waals surface area (Å²) in [7, 11) is 0. The van der Waals surface area contributed by atoms with E-state index in [1.54, 1.807) is 6.07 Å². The first kappa shape index (κ1) is 14.1. The van der Waals surface area contributed by atoms with Crippen molar-refractivity contribution in [3.8, 4) is 16.9 Å². The SMILES string of the molecule is C=Cc1cc(F)cc(-c2ccccc2OC(F)(F)F)c1. The van der Waals surface area contributed by atoms with Crippen molar-refractivity contribution in [1.29, 1.82) is 0 Å². The number of benzene rings is 2. The largest absolute Gasteiger partial charge is 0.573 e. The highest BCUT2D eigenvalue weighted by atomic mass is 19.4. The van der Waals surface area contributed by atoms with Crippen molar-refractivity contribution >= 4 is 6.08 Å². The maximum Gasteiger partial charge on any atom is 0.573 e. The highest BCUT2D eigenvalue weighted by Gasteiger charge is 2.32. The van der Waals surface area contributed by atoms with Crippen LogP contribution in [0.5, 0.6) is 5.75 Å². The molecule has 0 aliphatic rings. The third-order valence-electron chi connectivity index (χ3n) is 2.58. The predicted octanol–water partition coefficient (Wildman–Crippen LogP) is 5.03. The van der Waals surface area contributed by atoms with Crippen molar-refractivity contribution < 1.29 is 22.3 Å². The van der Waals surface area contributed by atoms with Gasteiger partial charge in [0.1, 0.15) is 11.6 Å². The lowest BCUT2D eigenvalue weighted by Gasteiger charge is -2.13. The van der Waals surface area contributed by atoms with E-state index in [0.29, 0.717) is 11.1 Å². The molecule has 0 aromatic heterocycles. The number of hydrogen-bond acceptors (Lipinski definition) is 1. The van der Waals surface area contributed by atoms with Crippen LogP contribution in [-0.2, 0) is 0 Å². The van der Waals surface area contributed by atoms with Gasteiger partial charge in [-0.25, -0.2) is 4.39 Å². The molecule has 0 atom stereocenters. The van der Waals surface area contributed by atoms with E-state index in [9.17, 15) is 17.6 Å². The number of para-hydroxylation sites is 1. The molecule has 2 aromatic rings. The molecule has 0 unspecified atom stereocenters. The summed E-state index contributed by atoms with van der Waals surface area (Å²) in [5.41, 5.74) is 0.925. The van der Waals surface area contributed by atoms with Gasteiger partial charge in [-0.3, -0.25) is 0 Å². The van der Waals surface area contributed by atoms with Gasteiger partial charge in [-0.1, -0.05) is 30.9 Å².